The maximum atomic E-state index is 4.54. The van der Waals surface area contributed by atoms with Crippen molar-refractivity contribution < 1.29 is 0 Å². The average molecular weight is 464 g/mol. The fourth-order valence-electron chi connectivity index (χ4n) is 2.03. The van der Waals surface area contributed by atoms with Crippen LogP contribution in [-0.4, -0.2) is 31.1 Å². The van der Waals surface area contributed by atoms with Crippen molar-refractivity contribution in [1.29, 1.82) is 0 Å². The maximum absolute atomic E-state index is 4.54. The summed E-state index contributed by atoms with van der Waals surface area (Å²) in [4.78, 5) is 11.4. The second-order valence-electron chi connectivity index (χ2n) is 5.05. The molecule has 0 aliphatic carbocycles. The molecule has 2 heterocycles. The SMILES string of the molecule is CCCCNC(=NC)NCCc1ccc(-c2csc(C)n2)s1.I. The quantitative estimate of drug-likeness (QED) is 0.278. The highest BCUT2D eigenvalue weighted by Crippen LogP contribution is 2.29. The monoisotopic (exact) mass is 464 g/mol. The van der Waals surface area contributed by atoms with Crippen molar-refractivity contribution in [2.45, 2.75) is 33.1 Å². The lowest BCUT2D eigenvalue weighted by Gasteiger charge is -2.10. The molecule has 0 aromatic carbocycles. The van der Waals surface area contributed by atoms with Gasteiger partial charge in [-0.3, -0.25) is 4.99 Å². The van der Waals surface area contributed by atoms with Gasteiger partial charge in [0, 0.05) is 30.4 Å². The van der Waals surface area contributed by atoms with Crippen molar-refractivity contribution in [3.05, 3.63) is 27.4 Å². The van der Waals surface area contributed by atoms with Crippen molar-refractivity contribution in [2.75, 3.05) is 20.1 Å². The summed E-state index contributed by atoms with van der Waals surface area (Å²) in [5, 5.41) is 9.93. The number of halogens is 1. The van der Waals surface area contributed by atoms with E-state index in [0.29, 0.717) is 0 Å². The van der Waals surface area contributed by atoms with Crippen LogP contribution in [0, 0.1) is 6.92 Å². The van der Waals surface area contributed by atoms with Crippen molar-refractivity contribution >= 4 is 52.6 Å². The first kappa shape index (κ1) is 20.4. The van der Waals surface area contributed by atoms with Crippen LogP contribution in [0.4, 0.5) is 0 Å². The zero-order chi connectivity index (χ0) is 15.8. The summed E-state index contributed by atoms with van der Waals surface area (Å²) >= 11 is 3.53. The van der Waals surface area contributed by atoms with E-state index in [1.54, 1.807) is 11.3 Å². The number of unbranched alkanes of at least 4 members (excludes halogenated alkanes) is 1. The van der Waals surface area contributed by atoms with Crippen LogP contribution >= 0.6 is 46.7 Å². The Morgan fingerprint density at radius 1 is 1.26 bits per heavy atom. The number of aromatic nitrogens is 1. The number of aryl methyl sites for hydroxylation is 1. The number of hydrogen-bond acceptors (Lipinski definition) is 4. The molecule has 0 bridgehead atoms. The van der Waals surface area contributed by atoms with Crippen molar-refractivity contribution in [1.82, 2.24) is 15.6 Å². The molecule has 0 aliphatic rings. The van der Waals surface area contributed by atoms with E-state index in [1.807, 2.05) is 25.3 Å². The molecule has 7 heteroatoms. The number of guanidine groups is 1. The minimum absolute atomic E-state index is 0. The molecule has 2 rings (SSSR count). The third kappa shape index (κ3) is 6.76. The van der Waals surface area contributed by atoms with Gasteiger partial charge in [0.25, 0.3) is 0 Å². The van der Waals surface area contributed by atoms with Crippen LogP contribution in [0.25, 0.3) is 10.6 Å². The Morgan fingerprint density at radius 3 is 2.70 bits per heavy atom. The van der Waals surface area contributed by atoms with E-state index in [2.05, 4.69) is 45.0 Å². The molecule has 0 unspecified atom stereocenters. The molecule has 23 heavy (non-hydrogen) atoms. The van der Waals surface area contributed by atoms with Crippen LogP contribution in [0.3, 0.4) is 0 Å². The number of nitrogens with one attached hydrogen (secondary N) is 2. The lowest BCUT2D eigenvalue weighted by atomic mass is 10.3. The number of thiophene rings is 1. The highest BCUT2D eigenvalue weighted by atomic mass is 127. The molecule has 4 nitrogen and oxygen atoms in total. The summed E-state index contributed by atoms with van der Waals surface area (Å²) in [7, 11) is 1.81. The van der Waals surface area contributed by atoms with Gasteiger partial charge in [0.1, 0.15) is 0 Å². The molecule has 2 N–H and O–H groups in total. The predicted molar refractivity (Wildman–Crippen MR) is 114 cm³/mol. The standard InChI is InChI=1S/C16H24N4S2.HI/c1-4-5-9-18-16(17-3)19-10-8-13-6-7-15(22-13)14-11-21-12(2)20-14;/h6-7,11H,4-5,8-10H2,1-3H3,(H2,17,18,19);1H. The summed E-state index contributed by atoms with van der Waals surface area (Å²) in [6.45, 7) is 6.10. The van der Waals surface area contributed by atoms with Crippen LogP contribution < -0.4 is 10.6 Å². The van der Waals surface area contributed by atoms with Gasteiger partial charge >= 0.3 is 0 Å². The fraction of sp³-hybridized carbons (Fsp3) is 0.500. The molecule has 2 aromatic rings. The molecule has 2 aromatic heterocycles. The predicted octanol–water partition coefficient (Wildman–Crippen LogP) is 4.31. The Balaban J connectivity index is 0.00000264. The minimum Gasteiger partial charge on any atom is -0.356 e. The number of nitrogens with zero attached hydrogens (tertiary/aromatic N) is 2. The Bertz CT molecular complexity index is 607. The van der Waals surface area contributed by atoms with Gasteiger partial charge in [0.05, 0.1) is 15.6 Å². The van der Waals surface area contributed by atoms with Gasteiger partial charge < -0.3 is 10.6 Å². The lowest BCUT2D eigenvalue weighted by Crippen LogP contribution is -2.38. The topological polar surface area (TPSA) is 49.3 Å². The third-order valence-electron chi connectivity index (χ3n) is 3.24. The maximum Gasteiger partial charge on any atom is 0.190 e. The average Bonchev–Trinajstić information content (AvgIpc) is 3.14. The van der Waals surface area contributed by atoms with Gasteiger partial charge in [-0.05, 0) is 31.9 Å². The van der Waals surface area contributed by atoms with Crippen molar-refractivity contribution in [3.8, 4) is 10.6 Å². The molecule has 0 saturated carbocycles. The number of thiazole rings is 1. The first-order valence-corrected chi connectivity index (χ1v) is 9.38. The normalized spacial score (nSPS) is 11.2. The summed E-state index contributed by atoms with van der Waals surface area (Å²) in [5.74, 6) is 0.889. The zero-order valence-corrected chi connectivity index (χ0v) is 17.9. The second-order valence-corrected chi connectivity index (χ2v) is 7.28. The Labute approximate surface area is 163 Å². The highest BCUT2D eigenvalue weighted by molar-refractivity contribution is 14.0. The van der Waals surface area contributed by atoms with E-state index in [1.165, 1.54) is 22.6 Å². The zero-order valence-electron chi connectivity index (χ0n) is 13.9. The lowest BCUT2D eigenvalue weighted by molar-refractivity contribution is 0.727. The van der Waals surface area contributed by atoms with Crippen molar-refractivity contribution in [3.63, 3.8) is 0 Å². The van der Waals surface area contributed by atoms with Gasteiger partial charge in [0.2, 0.25) is 0 Å². The molecule has 0 fully saturated rings. The van der Waals surface area contributed by atoms with E-state index < -0.39 is 0 Å². The van der Waals surface area contributed by atoms with Gasteiger partial charge in [-0.15, -0.1) is 46.7 Å². The van der Waals surface area contributed by atoms with E-state index >= 15 is 0 Å². The molecular formula is C16H25IN4S2. The first-order valence-electron chi connectivity index (χ1n) is 7.68. The van der Waals surface area contributed by atoms with Crippen LogP contribution in [-0.2, 0) is 6.42 Å². The molecule has 0 saturated heterocycles. The van der Waals surface area contributed by atoms with E-state index in [4.69, 9.17) is 0 Å². The third-order valence-corrected chi connectivity index (χ3v) is 5.18. The highest BCUT2D eigenvalue weighted by Gasteiger charge is 2.06. The fourth-order valence-corrected chi connectivity index (χ4v) is 3.69. The molecular weight excluding hydrogens is 439 g/mol. The van der Waals surface area contributed by atoms with Gasteiger partial charge in [-0.2, -0.15) is 0 Å². The molecule has 0 atom stereocenters. The van der Waals surface area contributed by atoms with Crippen LogP contribution in [0.1, 0.15) is 29.7 Å². The summed E-state index contributed by atoms with van der Waals surface area (Å²) in [6.07, 6.45) is 3.36. The smallest absolute Gasteiger partial charge is 0.190 e. The van der Waals surface area contributed by atoms with E-state index in [-0.39, 0.29) is 24.0 Å². The molecule has 0 amide bonds. The van der Waals surface area contributed by atoms with Crippen molar-refractivity contribution in [2.24, 2.45) is 4.99 Å². The summed E-state index contributed by atoms with van der Waals surface area (Å²) in [6, 6.07) is 4.37. The Morgan fingerprint density at radius 2 is 2.04 bits per heavy atom. The summed E-state index contributed by atoms with van der Waals surface area (Å²) in [5.41, 5.74) is 1.10. The number of aliphatic imine (C=N–C) groups is 1. The number of hydrogen-bond donors (Lipinski definition) is 2. The largest absolute Gasteiger partial charge is 0.356 e. The van der Waals surface area contributed by atoms with E-state index in [9.17, 15) is 0 Å². The molecule has 0 aliphatic heterocycles. The molecule has 0 spiro atoms. The second kappa shape index (κ2) is 11.0. The number of rotatable bonds is 7. The van der Waals surface area contributed by atoms with Gasteiger partial charge in [-0.25, -0.2) is 4.98 Å². The van der Waals surface area contributed by atoms with Crippen LogP contribution in [0.5, 0.6) is 0 Å². The molecule has 0 radical (unpaired) electrons. The Kier molecular flexibility index (Phi) is 9.73. The Hall–Kier alpha value is -0.670. The minimum atomic E-state index is 0. The van der Waals surface area contributed by atoms with Gasteiger partial charge in [0.15, 0.2) is 5.96 Å². The first-order chi connectivity index (χ1) is 10.7. The van der Waals surface area contributed by atoms with Crippen LogP contribution in [0.2, 0.25) is 0 Å². The van der Waals surface area contributed by atoms with E-state index in [0.717, 1.165) is 36.2 Å². The molecule has 128 valence electrons. The van der Waals surface area contributed by atoms with Crippen LogP contribution in [0.15, 0.2) is 22.5 Å². The summed E-state index contributed by atoms with van der Waals surface area (Å²) < 4.78 is 0. The van der Waals surface area contributed by atoms with Gasteiger partial charge in [-0.1, -0.05) is 13.3 Å².